The van der Waals surface area contributed by atoms with Crippen molar-refractivity contribution in [2.75, 3.05) is 112 Å². The molecule has 0 radical (unpaired) electrons. The third-order valence-electron chi connectivity index (χ3n) is 4.97. The summed E-state index contributed by atoms with van der Waals surface area (Å²) in [6.45, 7) is 10.8. The van der Waals surface area contributed by atoms with E-state index in [1.807, 2.05) is 6.07 Å². The van der Waals surface area contributed by atoms with Gasteiger partial charge in [-0.05, 0) is 18.6 Å². The largest absolute Gasteiger partial charge is 0.460 e. The number of hydrogen-bond donors (Lipinski definition) is 0. The number of rotatable bonds is 29. The maximum absolute atomic E-state index is 11.8. The zero-order valence-corrected chi connectivity index (χ0v) is 23.1. The Hall–Kier alpha value is -1.63. The van der Waals surface area contributed by atoms with E-state index in [0.717, 1.165) is 13.0 Å². The number of unbranched alkanes of at least 4 members (excludes halogenated alkanes) is 2. The van der Waals surface area contributed by atoms with Crippen LogP contribution in [0.5, 0.6) is 0 Å². The molecule has 1 aromatic rings. The minimum Gasteiger partial charge on any atom is -0.460 e. The molecule has 0 aliphatic carbocycles. The second kappa shape index (κ2) is 28.4. The molecular weight excluding hydrogens is 496 g/mol. The van der Waals surface area contributed by atoms with E-state index in [1.165, 1.54) is 12.8 Å². The zero-order chi connectivity index (χ0) is 27.2. The molecule has 10 nitrogen and oxygen atoms in total. The van der Waals surface area contributed by atoms with Gasteiger partial charge in [0, 0.05) is 6.61 Å². The van der Waals surface area contributed by atoms with Crippen LogP contribution in [0.25, 0.3) is 0 Å². The third kappa shape index (κ3) is 23.5. The molecule has 38 heavy (non-hydrogen) atoms. The molecule has 0 aliphatic rings. The summed E-state index contributed by atoms with van der Waals surface area (Å²) in [7, 11) is 0. The van der Waals surface area contributed by atoms with Crippen molar-refractivity contribution < 1.29 is 47.4 Å². The fourth-order valence-electron chi connectivity index (χ4n) is 2.95. The fourth-order valence-corrected chi connectivity index (χ4v) is 2.95. The number of carbonyl (C=O) groups is 1. The normalized spacial score (nSPS) is 11.2. The molecule has 0 bridgehead atoms. The van der Waals surface area contributed by atoms with Crippen molar-refractivity contribution in [3.05, 3.63) is 35.9 Å². The maximum Gasteiger partial charge on any atom is 0.338 e. The lowest BCUT2D eigenvalue weighted by molar-refractivity contribution is -0.0244. The van der Waals surface area contributed by atoms with Gasteiger partial charge in [0.05, 0.1) is 105 Å². The molecule has 0 atom stereocenters. The van der Waals surface area contributed by atoms with E-state index in [0.29, 0.717) is 105 Å². The Morgan fingerprint density at radius 3 is 1.18 bits per heavy atom. The summed E-state index contributed by atoms with van der Waals surface area (Å²) in [6.07, 6.45) is 3.54. The van der Waals surface area contributed by atoms with Crippen LogP contribution in [-0.4, -0.2) is 118 Å². The van der Waals surface area contributed by atoms with Gasteiger partial charge in [-0.2, -0.15) is 0 Å². The maximum atomic E-state index is 11.8. The van der Waals surface area contributed by atoms with Gasteiger partial charge in [0.1, 0.15) is 6.61 Å². The van der Waals surface area contributed by atoms with Crippen LogP contribution in [0, 0.1) is 0 Å². The summed E-state index contributed by atoms with van der Waals surface area (Å²) in [4.78, 5) is 11.8. The number of carbonyl (C=O) groups excluding carboxylic acids is 1. The number of hydrogen-bond acceptors (Lipinski definition) is 10. The van der Waals surface area contributed by atoms with Crippen molar-refractivity contribution in [2.24, 2.45) is 0 Å². The van der Waals surface area contributed by atoms with Gasteiger partial charge in [-0.3, -0.25) is 0 Å². The van der Waals surface area contributed by atoms with E-state index in [1.54, 1.807) is 24.3 Å². The van der Waals surface area contributed by atoms with Gasteiger partial charge in [0.2, 0.25) is 0 Å². The van der Waals surface area contributed by atoms with Gasteiger partial charge in [-0.25, -0.2) is 4.79 Å². The molecule has 0 saturated carbocycles. The first-order valence-electron chi connectivity index (χ1n) is 13.7. The standard InChI is InChI=1S/C28H48O10/c1-2-3-7-10-30-11-12-31-13-14-32-15-16-33-17-18-34-19-20-35-21-22-36-23-24-37-25-26-38-28(29)27-8-5-4-6-9-27/h4-6,8-9H,2-3,7,10-26H2,1H3. The molecule has 0 spiro atoms. The Labute approximate surface area is 228 Å². The minimum atomic E-state index is -0.351. The van der Waals surface area contributed by atoms with Crippen LogP contribution < -0.4 is 0 Å². The molecule has 1 aromatic carbocycles. The van der Waals surface area contributed by atoms with Crippen molar-refractivity contribution in [3.63, 3.8) is 0 Å². The SMILES string of the molecule is CCCCCOCCOCCOCCOCCOCCOCCOCCOCCOC(=O)c1ccccc1. The second-order valence-corrected chi connectivity index (χ2v) is 8.11. The van der Waals surface area contributed by atoms with E-state index in [4.69, 9.17) is 42.6 Å². The zero-order valence-electron chi connectivity index (χ0n) is 23.1. The third-order valence-corrected chi connectivity index (χ3v) is 4.97. The highest BCUT2D eigenvalue weighted by Crippen LogP contribution is 2.00. The van der Waals surface area contributed by atoms with Crippen LogP contribution in [0.1, 0.15) is 36.5 Å². The first kappa shape index (κ1) is 34.4. The molecule has 0 N–H and O–H groups in total. The molecule has 0 amide bonds. The summed E-state index contributed by atoms with van der Waals surface area (Å²) in [5.41, 5.74) is 0.531. The van der Waals surface area contributed by atoms with Crippen molar-refractivity contribution in [1.29, 1.82) is 0 Å². The van der Waals surface area contributed by atoms with E-state index in [9.17, 15) is 4.79 Å². The van der Waals surface area contributed by atoms with Gasteiger partial charge < -0.3 is 42.6 Å². The van der Waals surface area contributed by atoms with Crippen LogP contribution in [-0.2, 0) is 42.6 Å². The van der Waals surface area contributed by atoms with Gasteiger partial charge in [-0.1, -0.05) is 38.0 Å². The van der Waals surface area contributed by atoms with Crippen molar-refractivity contribution in [2.45, 2.75) is 26.2 Å². The van der Waals surface area contributed by atoms with Crippen LogP contribution in [0.3, 0.4) is 0 Å². The number of esters is 1. The summed E-state index contributed by atoms with van der Waals surface area (Å²) >= 11 is 0. The molecule has 0 fully saturated rings. The summed E-state index contributed by atoms with van der Waals surface area (Å²) < 4.78 is 48.7. The molecule has 220 valence electrons. The highest BCUT2D eigenvalue weighted by molar-refractivity contribution is 5.89. The Kier molecular flexibility index (Phi) is 25.7. The highest BCUT2D eigenvalue weighted by atomic mass is 16.6. The molecule has 1 rings (SSSR count). The lowest BCUT2D eigenvalue weighted by Crippen LogP contribution is -2.15. The molecule has 0 saturated heterocycles. The summed E-state index contributed by atoms with van der Waals surface area (Å²) in [5, 5.41) is 0. The highest BCUT2D eigenvalue weighted by Gasteiger charge is 2.05. The Morgan fingerprint density at radius 2 is 0.816 bits per heavy atom. The first-order valence-corrected chi connectivity index (χ1v) is 13.7. The van der Waals surface area contributed by atoms with Crippen LogP contribution >= 0.6 is 0 Å². The molecule has 0 unspecified atom stereocenters. The van der Waals surface area contributed by atoms with Crippen molar-refractivity contribution in [3.8, 4) is 0 Å². The van der Waals surface area contributed by atoms with Crippen LogP contribution in [0.15, 0.2) is 30.3 Å². The number of benzene rings is 1. The van der Waals surface area contributed by atoms with Crippen LogP contribution in [0.2, 0.25) is 0 Å². The Bertz CT molecular complexity index is 617. The van der Waals surface area contributed by atoms with Gasteiger partial charge in [0.15, 0.2) is 0 Å². The number of ether oxygens (including phenoxy) is 9. The second-order valence-electron chi connectivity index (χ2n) is 8.11. The smallest absolute Gasteiger partial charge is 0.338 e. The average molecular weight is 545 g/mol. The monoisotopic (exact) mass is 544 g/mol. The van der Waals surface area contributed by atoms with E-state index in [2.05, 4.69) is 6.92 Å². The van der Waals surface area contributed by atoms with Gasteiger partial charge in [0.25, 0.3) is 0 Å². The quantitative estimate of drug-likeness (QED) is 0.110. The predicted octanol–water partition coefficient (Wildman–Crippen LogP) is 3.17. The predicted molar refractivity (Wildman–Crippen MR) is 143 cm³/mol. The fraction of sp³-hybridized carbons (Fsp3) is 0.750. The molecule has 0 aliphatic heterocycles. The Morgan fingerprint density at radius 1 is 0.474 bits per heavy atom. The molecule has 0 aromatic heterocycles. The topological polar surface area (TPSA) is 100 Å². The van der Waals surface area contributed by atoms with Crippen molar-refractivity contribution >= 4 is 5.97 Å². The van der Waals surface area contributed by atoms with Gasteiger partial charge in [-0.15, -0.1) is 0 Å². The van der Waals surface area contributed by atoms with E-state index >= 15 is 0 Å². The lowest BCUT2D eigenvalue weighted by Gasteiger charge is -2.09. The first-order chi connectivity index (χ1) is 18.8. The molecular formula is C28H48O10. The minimum absolute atomic E-state index is 0.209. The summed E-state index contributed by atoms with van der Waals surface area (Å²) in [6, 6.07) is 8.87. The van der Waals surface area contributed by atoms with Crippen molar-refractivity contribution in [1.82, 2.24) is 0 Å². The van der Waals surface area contributed by atoms with Crippen LogP contribution in [0.4, 0.5) is 0 Å². The molecule has 0 heterocycles. The summed E-state index contributed by atoms with van der Waals surface area (Å²) in [5.74, 6) is -0.351. The molecule has 10 heteroatoms. The van der Waals surface area contributed by atoms with E-state index in [-0.39, 0.29) is 12.6 Å². The lowest BCUT2D eigenvalue weighted by atomic mass is 10.2. The Balaban J connectivity index is 1.66. The van der Waals surface area contributed by atoms with Gasteiger partial charge >= 0.3 is 5.97 Å². The van der Waals surface area contributed by atoms with E-state index < -0.39 is 0 Å². The average Bonchev–Trinajstić information content (AvgIpc) is 2.95.